The number of hydrogen-bond donors (Lipinski definition) is 1. The normalized spacial score (nSPS) is 21.5. The molecule has 0 aromatic carbocycles. The first-order valence-corrected chi connectivity index (χ1v) is 8.47. The van der Waals surface area contributed by atoms with E-state index in [1.165, 1.54) is 12.3 Å². The average molecular weight is 300 g/mol. The van der Waals surface area contributed by atoms with E-state index in [1.54, 1.807) is 6.92 Å². The van der Waals surface area contributed by atoms with Crippen LogP contribution in [-0.4, -0.2) is 38.5 Å². The number of nitrogens with zero attached hydrogens (tertiary/aromatic N) is 1. The molecule has 6 heteroatoms. The summed E-state index contributed by atoms with van der Waals surface area (Å²) in [5.41, 5.74) is 0.148. The number of nitrogens with one attached hydrogen (secondary N) is 1. The van der Waals surface area contributed by atoms with E-state index in [9.17, 15) is 8.42 Å². The van der Waals surface area contributed by atoms with Crippen LogP contribution in [0.15, 0.2) is 21.6 Å². The molecule has 1 aliphatic rings. The van der Waals surface area contributed by atoms with Gasteiger partial charge in [-0.2, -0.15) is 0 Å². The average Bonchev–Trinajstić information content (AvgIpc) is 2.94. The van der Waals surface area contributed by atoms with Crippen LogP contribution in [0.3, 0.4) is 0 Å². The van der Waals surface area contributed by atoms with Crippen LogP contribution in [0.4, 0.5) is 0 Å². The molecular formula is C14H24N2O3S. The molecule has 1 aliphatic heterocycles. The van der Waals surface area contributed by atoms with E-state index in [0.29, 0.717) is 18.2 Å². The lowest BCUT2D eigenvalue weighted by molar-refractivity contribution is 0.168. The van der Waals surface area contributed by atoms with Gasteiger partial charge in [0, 0.05) is 18.6 Å². The van der Waals surface area contributed by atoms with Gasteiger partial charge in [-0.3, -0.25) is 4.90 Å². The molecule has 0 aliphatic carbocycles. The Morgan fingerprint density at radius 1 is 1.45 bits per heavy atom. The minimum absolute atomic E-state index is 0.148. The van der Waals surface area contributed by atoms with E-state index < -0.39 is 10.0 Å². The van der Waals surface area contributed by atoms with E-state index >= 15 is 0 Å². The topological polar surface area (TPSA) is 62.6 Å². The molecule has 2 rings (SSSR count). The summed E-state index contributed by atoms with van der Waals surface area (Å²) >= 11 is 0. The highest BCUT2D eigenvalue weighted by molar-refractivity contribution is 7.89. The van der Waals surface area contributed by atoms with Gasteiger partial charge >= 0.3 is 0 Å². The van der Waals surface area contributed by atoms with Crippen molar-refractivity contribution in [1.29, 1.82) is 0 Å². The first-order chi connectivity index (χ1) is 9.20. The molecule has 1 fully saturated rings. The Hall–Kier alpha value is -0.850. The highest BCUT2D eigenvalue weighted by Gasteiger charge is 2.31. The van der Waals surface area contributed by atoms with Gasteiger partial charge in [-0.05, 0) is 52.6 Å². The summed E-state index contributed by atoms with van der Waals surface area (Å²) in [7, 11) is -3.45. The molecule has 5 nitrogen and oxygen atoms in total. The Kier molecular flexibility index (Phi) is 4.27. The Bertz CT molecular complexity index is 557. The second-order valence-electron chi connectivity index (χ2n) is 6.46. The summed E-state index contributed by atoms with van der Waals surface area (Å²) < 4.78 is 32.1. The van der Waals surface area contributed by atoms with Crippen molar-refractivity contribution in [3.05, 3.63) is 18.1 Å². The quantitative estimate of drug-likeness (QED) is 0.923. The maximum atomic E-state index is 12.2. The minimum Gasteiger partial charge on any atom is -0.468 e. The molecule has 0 spiro atoms. The number of likely N-dealkylation sites (tertiary alicyclic amines) is 1. The van der Waals surface area contributed by atoms with Gasteiger partial charge in [0.2, 0.25) is 10.0 Å². The van der Waals surface area contributed by atoms with Gasteiger partial charge < -0.3 is 4.42 Å². The van der Waals surface area contributed by atoms with Crippen LogP contribution in [0.25, 0.3) is 0 Å². The van der Waals surface area contributed by atoms with Gasteiger partial charge in [0.25, 0.3) is 0 Å². The fourth-order valence-corrected chi connectivity index (χ4v) is 3.84. The lowest BCUT2D eigenvalue weighted by Gasteiger charge is -2.31. The fraction of sp³-hybridized carbons (Fsp3) is 0.714. The van der Waals surface area contributed by atoms with Crippen LogP contribution in [0.5, 0.6) is 0 Å². The SMILES string of the molecule is Cc1occc1S(=O)(=O)NCC1CCN(C(C)(C)C)C1. The third kappa shape index (κ3) is 3.42. The predicted molar refractivity (Wildman–Crippen MR) is 78.1 cm³/mol. The van der Waals surface area contributed by atoms with Crippen LogP contribution < -0.4 is 4.72 Å². The van der Waals surface area contributed by atoms with E-state index in [-0.39, 0.29) is 10.4 Å². The van der Waals surface area contributed by atoms with E-state index in [0.717, 1.165) is 19.5 Å². The monoisotopic (exact) mass is 300 g/mol. The van der Waals surface area contributed by atoms with Crippen molar-refractivity contribution in [3.63, 3.8) is 0 Å². The van der Waals surface area contributed by atoms with E-state index in [2.05, 4.69) is 30.4 Å². The smallest absolute Gasteiger partial charge is 0.244 e. The molecule has 1 aromatic rings. The highest BCUT2D eigenvalue weighted by Crippen LogP contribution is 2.24. The van der Waals surface area contributed by atoms with Crippen molar-refractivity contribution < 1.29 is 12.8 Å². The number of aryl methyl sites for hydroxylation is 1. The molecule has 1 atom stereocenters. The van der Waals surface area contributed by atoms with Crippen LogP contribution in [-0.2, 0) is 10.0 Å². The Morgan fingerprint density at radius 2 is 2.15 bits per heavy atom. The highest BCUT2D eigenvalue weighted by atomic mass is 32.2. The molecule has 1 N–H and O–H groups in total. The van der Waals surface area contributed by atoms with Crippen LogP contribution in [0.2, 0.25) is 0 Å². The lowest BCUT2D eigenvalue weighted by atomic mass is 10.1. The molecule has 2 heterocycles. The Morgan fingerprint density at radius 3 is 2.65 bits per heavy atom. The lowest BCUT2D eigenvalue weighted by Crippen LogP contribution is -2.40. The maximum Gasteiger partial charge on any atom is 0.244 e. The Balaban J connectivity index is 1.93. The standard InChI is InChI=1S/C14H24N2O3S/c1-11-13(6-8-19-11)20(17,18)15-9-12-5-7-16(10-12)14(2,3)4/h6,8,12,15H,5,7,9-10H2,1-4H3. The molecule has 114 valence electrons. The number of hydrogen-bond acceptors (Lipinski definition) is 4. The zero-order valence-corrected chi connectivity index (χ0v) is 13.5. The third-order valence-electron chi connectivity index (χ3n) is 3.90. The molecular weight excluding hydrogens is 276 g/mol. The van der Waals surface area contributed by atoms with Crippen LogP contribution >= 0.6 is 0 Å². The summed E-state index contributed by atoms with van der Waals surface area (Å²) in [5, 5.41) is 0. The summed E-state index contributed by atoms with van der Waals surface area (Å²) in [6, 6.07) is 1.49. The third-order valence-corrected chi connectivity index (χ3v) is 5.45. The number of sulfonamides is 1. The molecule has 0 amide bonds. The van der Waals surface area contributed by atoms with Crippen molar-refractivity contribution in [2.75, 3.05) is 19.6 Å². The fourth-order valence-electron chi connectivity index (χ4n) is 2.57. The first kappa shape index (κ1) is 15.5. The molecule has 1 unspecified atom stereocenters. The predicted octanol–water partition coefficient (Wildman–Crippen LogP) is 1.99. The van der Waals surface area contributed by atoms with Gasteiger partial charge in [0.15, 0.2) is 0 Å². The second-order valence-corrected chi connectivity index (χ2v) is 8.20. The van der Waals surface area contributed by atoms with Gasteiger partial charge in [-0.25, -0.2) is 13.1 Å². The summed E-state index contributed by atoms with van der Waals surface area (Å²) in [4.78, 5) is 2.64. The molecule has 0 bridgehead atoms. The van der Waals surface area contributed by atoms with Crippen molar-refractivity contribution in [2.24, 2.45) is 5.92 Å². The van der Waals surface area contributed by atoms with Crippen molar-refractivity contribution in [1.82, 2.24) is 9.62 Å². The molecule has 20 heavy (non-hydrogen) atoms. The first-order valence-electron chi connectivity index (χ1n) is 6.99. The zero-order chi connectivity index (χ0) is 15.0. The minimum atomic E-state index is -3.45. The summed E-state index contributed by atoms with van der Waals surface area (Å²) in [6.45, 7) is 10.7. The zero-order valence-electron chi connectivity index (χ0n) is 12.6. The summed E-state index contributed by atoms with van der Waals surface area (Å²) in [5.74, 6) is 0.802. The largest absolute Gasteiger partial charge is 0.468 e. The number of furan rings is 1. The van der Waals surface area contributed by atoms with Gasteiger partial charge in [-0.1, -0.05) is 0 Å². The van der Waals surface area contributed by atoms with Crippen molar-refractivity contribution in [2.45, 2.75) is 44.6 Å². The van der Waals surface area contributed by atoms with Gasteiger partial charge in [-0.15, -0.1) is 0 Å². The van der Waals surface area contributed by atoms with Gasteiger partial charge in [0.1, 0.15) is 10.7 Å². The van der Waals surface area contributed by atoms with E-state index in [4.69, 9.17) is 4.42 Å². The number of rotatable bonds is 4. The van der Waals surface area contributed by atoms with Crippen LogP contribution in [0, 0.1) is 12.8 Å². The maximum absolute atomic E-state index is 12.2. The van der Waals surface area contributed by atoms with Crippen LogP contribution in [0.1, 0.15) is 33.0 Å². The van der Waals surface area contributed by atoms with Crippen molar-refractivity contribution in [3.8, 4) is 0 Å². The second kappa shape index (κ2) is 5.50. The molecule has 1 aromatic heterocycles. The molecule has 0 saturated carbocycles. The van der Waals surface area contributed by atoms with Crippen molar-refractivity contribution >= 4 is 10.0 Å². The molecule has 1 saturated heterocycles. The molecule has 0 radical (unpaired) electrons. The Labute approximate surface area is 121 Å². The van der Waals surface area contributed by atoms with Gasteiger partial charge in [0.05, 0.1) is 6.26 Å². The summed E-state index contributed by atoms with van der Waals surface area (Å²) in [6.07, 6.45) is 2.44. The van der Waals surface area contributed by atoms with E-state index in [1.807, 2.05) is 0 Å².